The minimum Gasteiger partial charge on any atom is -0.449 e. The molecule has 0 aliphatic carbocycles. The molecule has 0 N–H and O–H groups in total. The Morgan fingerprint density at radius 2 is 1.93 bits per heavy atom. The van der Waals surface area contributed by atoms with Gasteiger partial charge < -0.3 is 14.5 Å². The van der Waals surface area contributed by atoms with Crippen molar-refractivity contribution in [3.63, 3.8) is 0 Å². The van der Waals surface area contributed by atoms with E-state index in [0.29, 0.717) is 30.2 Å². The molecule has 1 atom stereocenters. The molecule has 6 nitrogen and oxygen atoms in total. The Labute approximate surface area is 175 Å². The Hall–Kier alpha value is -2.86. The third kappa shape index (κ3) is 4.95. The van der Waals surface area contributed by atoms with E-state index in [1.165, 1.54) is 11.0 Å². The lowest BCUT2D eigenvalue weighted by molar-refractivity contribution is -0.139. The van der Waals surface area contributed by atoms with Crippen molar-refractivity contribution in [2.45, 2.75) is 32.4 Å². The third-order valence-electron chi connectivity index (χ3n) is 4.82. The summed E-state index contributed by atoms with van der Waals surface area (Å²) >= 11 is 6.21. The maximum Gasteiger partial charge on any atom is 0.338 e. The smallest absolute Gasteiger partial charge is 0.338 e. The van der Waals surface area contributed by atoms with Gasteiger partial charge in [-0.05, 0) is 37.1 Å². The fourth-order valence-corrected chi connectivity index (χ4v) is 3.49. The summed E-state index contributed by atoms with van der Waals surface area (Å²) in [6.45, 7) is 2.53. The fraction of sp³-hybridized carbons (Fsp3) is 0.318. The van der Waals surface area contributed by atoms with E-state index < -0.39 is 12.1 Å². The molecular formula is C22H23ClN2O4. The topological polar surface area (TPSA) is 66.9 Å². The van der Waals surface area contributed by atoms with Crippen LogP contribution in [-0.2, 0) is 20.9 Å². The van der Waals surface area contributed by atoms with Gasteiger partial charge in [0.05, 0.1) is 16.3 Å². The number of nitrogens with zero attached hydrogens (tertiary/aromatic N) is 2. The van der Waals surface area contributed by atoms with Crippen molar-refractivity contribution in [3.05, 3.63) is 64.7 Å². The zero-order valence-corrected chi connectivity index (χ0v) is 17.2. The highest BCUT2D eigenvalue weighted by molar-refractivity contribution is 6.34. The molecule has 1 heterocycles. The first-order valence-electron chi connectivity index (χ1n) is 9.46. The summed E-state index contributed by atoms with van der Waals surface area (Å²) < 4.78 is 5.36. The van der Waals surface area contributed by atoms with E-state index in [1.54, 1.807) is 31.0 Å². The summed E-state index contributed by atoms with van der Waals surface area (Å²) in [5, 5.41) is 0.392. The van der Waals surface area contributed by atoms with E-state index in [9.17, 15) is 14.4 Å². The van der Waals surface area contributed by atoms with Crippen molar-refractivity contribution in [1.29, 1.82) is 0 Å². The summed E-state index contributed by atoms with van der Waals surface area (Å²) in [4.78, 5) is 40.2. The Bertz CT molecular complexity index is 916. The van der Waals surface area contributed by atoms with Gasteiger partial charge in [0.15, 0.2) is 6.10 Å². The molecule has 1 aliphatic rings. The van der Waals surface area contributed by atoms with Gasteiger partial charge in [0.2, 0.25) is 5.91 Å². The molecule has 29 heavy (non-hydrogen) atoms. The monoisotopic (exact) mass is 414 g/mol. The highest BCUT2D eigenvalue weighted by Crippen LogP contribution is 2.30. The maximum absolute atomic E-state index is 12.6. The number of carbonyl (C=O) groups is 3. The molecule has 1 aliphatic heterocycles. The SMILES string of the molecule is C[C@H](OC(=O)c1ccc(Cl)c(N2CCCC2=O)c1)C(=O)N(C)Cc1ccccc1. The fourth-order valence-electron chi connectivity index (χ4n) is 3.27. The van der Waals surface area contributed by atoms with Gasteiger partial charge in [-0.15, -0.1) is 0 Å². The van der Waals surface area contributed by atoms with E-state index in [0.717, 1.165) is 12.0 Å². The molecule has 2 amide bonds. The zero-order valence-electron chi connectivity index (χ0n) is 16.4. The van der Waals surface area contributed by atoms with E-state index in [2.05, 4.69) is 0 Å². The first kappa shape index (κ1) is 20.9. The van der Waals surface area contributed by atoms with Crippen molar-refractivity contribution in [3.8, 4) is 0 Å². The largest absolute Gasteiger partial charge is 0.449 e. The first-order valence-corrected chi connectivity index (χ1v) is 9.84. The molecule has 2 aromatic carbocycles. The van der Waals surface area contributed by atoms with Crippen molar-refractivity contribution in [2.24, 2.45) is 0 Å². The molecule has 0 spiro atoms. The molecule has 2 aromatic rings. The van der Waals surface area contributed by atoms with E-state index >= 15 is 0 Å². The summed E-state index contributed by atoms with van der Waals surface area (Å²) in [7, 11) is 1.67. The number of halogens is 1. The number of anilines is 1. The van der Waals surface area contributed by atoms with Gasteiger partial charge in [-0.3, -0.25) is 9.59 Å². The van der Waals surface area contributed by atoms with E-state index in [1.807, 2.05) is 30.3 Å². The van der Waals surface area contributed by atoms with Crippen LogP contribution in [0.2, 0.25) is 5.02 Å². The molecular weight excluding hydrogens is 392 g/mol. The molecule has 7 heteroatoms. The van der Waals surface area contributed by atoms with Crippen molar-refractivity contribution >= 4 is 35.1 Å². The van der Waals surface area contributed by atoms with Gasteiger partial charge >= 0.3 is 5.97 Å². The third-order valence-corrected chi connectivity index (χ3v) is 5.14. The van der Waals surface area contributed by atoms with Crippen molar-refractivity contribution < 1.29 is 19.1 Å². The van der Waals surface area contributed by atoms with Crippen molar-refractivity contribution in [2.75, 3.05) is 18.5 Å². The molecule has 1 fully saturated rings. The van der Waals surface area contributed by atoms with Crippen LogP contribution in [-0.4, -0.2) is 42.4 Å². The average Bonchev–Trinajstić information content (AvgIpc) is 3.14. The van der Waals surface area contributed by atoms with Crippen LogP contribution in [0, 0.1) is 0 Å². The van der Waals surface area contributed by atoms with Crippen LogP contribution in [0.5, 0.6) is 0 Å². The molecule has 0 unspecified atom stereocenters. The Morgan fingerprint density at radius 3 is 2.59 bits per heavy atom. The molecule has 0 radical (unpaired) electrons. The number of benzene rings is 2. The Kier molecular flexibility index (Phi) is 6.54. The van der Waals surface area contributed by atoms with E-state index in [4.69, 9.17) is 16.3 Å². The van der Waals surface area contributed by atoms with Gasteiger partial charge in [0, 0.05) is 26.6 Å². The Morgan fingerprint density at radius 1 is 1.21 bits per heavy atom. The molecule has 1 saturated heterocycles. The number of ether oxygens (including phenoxy) is 1. The Balaban J connectivity index is 1.66. The lowest BCUT2D eigenvalue weighted by Crippen LogP contribution is -2.37. The maximum atomic E-state index is 12.6. The van der Waals surface area contributed by atoms with Crippen LogP contribution in [0.15, 0.2) is 48.5 Å². The lowest BCUT2D eigenvalue weighted by atomic mass is 10.2. The second-order valence-electron chi connectivity index (χ2n) is 7.04. The van der Waals surface area contributed by atoms with Gasteiger partial charge in [-0.2, -0.15) is 0 Å². The second-order valence-corrected chi connectivity index (χ2v) is 7.45. The average molecular weight is 415 g/mol. The van der Waals surface area contributed by atoms with Gasteiger partial charge in [-0.25, -0.2) is 4.79 Å². The standard InChI is InChI=1S/C22H23ClN2O4/c1-15(21(27)24(2)14-16-7-4-3-5-8-16)29-22(28)17-10-11-18(23)19(13-17)25-12-6-9-20(25)26/h3-5,7-8,10-11,13,15H,6,9,12,14H2,1-2H3/t15-/m0/s1. The second kappa shape index (κ2) is 9.09. The number of hydrogen-bond acceptors (Lipinski definition) is 4. The molecule has 0 saturated carbocycles. The summed E-state index contributed by atoms with van der Waals surface area (Å²) in [5.41, 5.74) is 1.72. The lowest BCUT2D eigenvalue weighted by Gasteiger charge is -2.22. The van der Waals surface area contributed by atoms with Crippen LogP contribution in [0.1, 0.15) is 35.7 Å². The molecule has 0 bridgehead atoms. The predicted octanol–water partition coefficient (Wildman–Crippen LogP) is 3.67. The number of rotatable bonds is 6. The van der Waals surface area contributed by atoms with Crippen LogP contribution < -0.4 is 4.90 Å². The number of hydrogen-bond donors (Lipinski definition) is 0. The number of amides is 2. The molecule has 0 aromatic heterocycles. The van der Waals surface area contributed by atoms with Crippen LogP contribution in [0.25, 0.3) is 0 Å². The van der Waals surface area contributed by atoms with E-state index in [-0.39, 0.29) is 17.4 Å². The minimum absolute atomic E-state index is 0.0245. The van der Waals surface area contributed by atoms with Gasteiger partial charge in [-0.1, -0.05) is 41.9 Å². The number of carbonyl (C=O) groups excluding carboxylic acids is 3. The van der Waals surface area contributed by atoms with Gasteiger partial charge in [0.1, 0.15) is 0 Å². The summed E-state index contributed by atoms with van der Waals surface area (Å²) in [5.74, 6) is -0.960. The van der Waals surface area contributed by atoms with Crippen LogP contribution in [0.3, 0.4) is 0 Å². The highest BCUT2D eigenvalue weighted by atomic mass is 35.5. The first-order chi connectivity index (χ1) is 13.9. The number of likely N-dealkylation sites (N-methyl/N-ethyl adjacent to an activating group) is 1. The molecule has 152 valence electrons. The minimum atomic E-state index is -0.941. The molecule has 3 rings (SSSR count). The van der Waals surface area contributed by atoms with Gasteiger partial charge in [0.25, 0.3) is 5.91 Å². The number of esters is 1. The van der Waals surface area contributed by atoms with Crippen LogP contribution in [0.4, 0.5) is 5.69 Å². The summed E-state index contributed by atoms with van der Waals surface area (Å²) in [6.07, 6.45) is 0.275. The normalized spacial score (nSPS) is 14.6. The zero-order chi connectivity index (χ0) is 21.0. The van der Waals surface area contributed by atoms with Crippen molar-refractivity contribution in [1.82, 2.24) is 4.90 Å². The summed E-state index contributed by atoms with van der Waals surface area (Å²) in [6, 6.07) is 14.2. The predicted molar refractivity (Wildman–Crippen MR) is 111 cm³/mol. The van der Waals surface area contributed by atoms with Crippen LogP contribution >= 0.6 is 11.6 Å². The quantitative estimate of drug-likeness (QED) is 0.676. The highest BCUT2D eigenvalue weighted by Gasteiger charge is 2.26.